The lowest BCUT2D eigenvalue weighted by atomic mass is 10.0. The number of carbonyl (C=O) groups excluding carboxylic acids is 1. The van der Waals surface area contributed by atoms with Crippen LogP contribution in [0.2, 0.25) is 0 Å². The van der Waals surface area contributed by atoms with Crippen molar-refractivity contribution in [2.24, 2.45) is 0 Å². The first-order valence-electron chi connectivity index (χ1n) is 8.36. The summed E-state index contributed by atoms with van der Waals surface area (Å²) in [6, 6.07) is 18.9. The third-order valence-electron chi connectivity index (χ3n) is 4.59. The average molecular weight is 308 g/mol. The standard InChI is InChI=1S/C20H24N2O/c1-16-7-5-6-8-17(16)15-20(23)21-18-11-13-22(14-12-18)19-9-3-2-4-10-19/h2-10,18H,11-15H2,1H3,(H,21,23). The number of nitrogens with zero attached hydrogens (tertiary/aromatic N) is 1. The Morgan fingerprint density at radius 2 is 1.70 bits per heavy atom. The number of anilines is 1. The van der Waals surface area contributed by atoms with Crippen molar-refractivity contribution < 1.29 is 4.79 Å². The van der Waals surface area contributed by atoms with Crippen LogP contribution in [0.3, 0.4) is 0 Å². The van der Waals surface area contributed by atoms with Gasteiger partial charge in [-0.05, 0) is 43.0 Å². The molecule has 1 fully saturated rings. The molecule has 0 bridgehead atoms. The molecule has 1 aliphatic rings. The number of amides is 1. The van der Waals surface area contributed by atoms with Crippen LogP contribution in [0, 0.1) is 6.92 Å². The zero-order valence-corrected chi connectivity index (χ0v) is 13.7. The normalized spacial score (nSPS) is 15.4. The molecule has 1 saturated heterocycles. The highest BCUT2D eigenvalue weighted by Gasteiger charge is 2.20. The monoisotopic (exact) mass is 308 g/mol. The zero-order chi connectivity index (χ0) is 16.1. The van der Waals surface area contributed by atoms with E-state index in [1.165, 1.54) is 11.3 Å². The fourth-order valence-electron chi connectivity index (χ4n) is 3.18. The number of hydrogen-bond donors (Lipinski definition) is 1. The van der Waals surface area contributed by atoms with Crippen LogP contribution < -0.4 is 10.2 Å². The van der Waals surface area contributed by atoms with Crippen molar-refractivity contribution in [3.63, 3.8) is 0 Å². The summed E-state index contributed by atoms with van der Waals surface area (Å²) >= 11 is 0. The van der Waals surface area contributed by atoms with Gasteiger partial charge in [0.1, 0.15) is 0 Å². The van der Waals surface area contributed by atoms with E-state index in [1.54, 1.807) is 0 Å². The number of piperidine rings is 1. The van der Waals surface area contributed by atoms with E-state index in [0.717, 1.165) is 31.5 Å². The lowest BCUT2D eigenvalue weighted by Gasteiger charge is -2.34. The van der Waals surface area contributed by atoms with E-state index in [-0.39, 0.29) is 5.91 Å². The van der Waals surface area contributed by atoms with Gasteiger partial charge in [0, 0.05) is 24.8 Å². The molecule has 1 aliphatic heterocycles. The molecule has 23 heavy (non-hydrogen) atoms. The number of rotatable bonds is 4. The second-order valence-corrected chi connectivity index (χ2v) is 6.27. The molecular formula is C20H24N2O. The predicted molar refractivity (Wildman–Crippen MR) is 94.7 cm³/mol. The number of hydrogen-bond acceptors (Lipinski definition) is 2. The summed E-state index contributed by atoms with van der Waals surface area (Å²) in [6.45, 7) is 4.06. The van der Waals surface area contributed by atoms with Crippen LogP contribution in [0.25, 0.3) is 0 Å². The Balaban J connectivity index is 1.49. The second kappa shape index (κ2) is 7.32. The second-order valence-electron chi connectivity index (χ2n) is 6.27. The lowest BCUT2D eigenvalue weighted by Crippen LogP contribution is -2.45. The number of carbonyl (C=O) groups is 1. The number of benzene rings is 2. The molecule has 2 aromatic carbocycles. The smallest absolute Gasteiger partial charge is 0.224 e. The fraction of sp³-hybridized carbons (Fsp3) is 0.350. The van der Waals surface area contributed by atoms with Gasteiger partial charge in [-0.25, -0.2) is 0 Å². The summed E-state index contributed by atoms with van der Waals surface area (Å²) in [6.07, 6.45) is 2.49. The molecular weight excluding hydrogens is 284 g/mol. The molecule has 3 nitrogen and oxygen atoms in total. The summed E-state index contributed by atoms with van der Waals surface area (Å²) in [5.74, 6) is 0.137. The van der Waals surface area contributed by atoms with Crippen LogP contribution in [0.15, 0.2) is 54.6 Å². The van der Waals surface area contributed by atoms with Gasteiger partial charge in [-0.2, -0.15) is 0 Å². The van der Waals surface area contributed by atoms with Gasteiger partial charge in [-0.3, -0.25) is 4.79 Å². The van der Waals surface area contributed by atoms with Crippen molar-refractivity contribution in [1.29, 1.82) is 0 Å². The molecule has 0 atom stereocenters. The number of aryl methyl sites for hydroxylation is 1. The average Bonchev–Trinajstić information content (AvgIpc) is 2.58. The topological polar surface area (TPSA) is 32.3 Å². The van der Waals surface area contributed by atoms with Gasteiger partial charge < -0.3 is 10.2 Å². The number of para-hydroxylation sites is 1. The minimum absolute atomic E-state index is 0.137. The Morgan fingerprint density at radius 1 is 1.04 bits per heavy atom. The van der Waals surface area contributed by atoms with Gasteiger partial charge in [0.2, 0.25) is 5.91 Å². The SMILES string of the molecule is Cc1ccccc1CC(=O)NC1CCN(c2ccccc2)CC1. The molecule has 0 aliphatic carbocycles. The van der Waals surface area contributed by atoms with Crippen molar-refractivity contribution in [3.8, 4) is 0 Å². The van der Waals surface area contributed by atoms with Crippen LogP contribution in [-0.2, 0) is 11.2 Å². The highest BCUT2D eigenvalue weighted by Crippen LogP contribution is 2.19. The van der Waals surface area contributed by atoms with Crippen LogP contribution in [0.4, 0.5) is 5.69 Å². The highest BCUT2D eigenvalue weighted by atomic mass is 16.1. The van der Waals surface area contributed by atoms with Crippen LogP contribution in [-0.4, -0.2) is 25.0 Å². The highest BCUT2D eigenvalue weighted by molar-refractivity contribution is 5.79. The first-order chi connectivity index (χ1) is 11.2. The zero-order valence-electron chi connectivity index (χ0n) is 13.7. The van der Waals surface area contributed by atoms with Crippen LogP contribution in [0.1, 0.15) is 24.0 Å². The van der Waals surface area contributed by atoms with E-state index in [4.69, 9.17) is 0 Å². The molecule has 0 aromatic heterocycles. The van der Waals surface area contributed by atoms with E-state index >= 15 is 0 Å². The molecule has 1 amide bonds. The quantitative estimate of drug-likeness (QED) is 0.939. The maximum Gasteiger partial charge on any atom is 0.224 e. The Morgan fingerprint density at radius 3 is 2.39 bits per heavy atom. The number of nitrogens with one attached hydrogen (secondary N) is 1. The predicted octanol–water partition coefficient (Wildman–Crippen LogP) is 3.32. The van der Waals surface area contributed by atoms with Gasteiger partial charge >= 0.3 is 0 Å². The van der Waals surface area contributed by atoms with Gasteiger partial charge in [-0.15, -0.1) is 0 Å². The lowest BCUT2D eigenvalue weighted by molar-refractivity contribution is -0.121. The Bertz CT molecular complexity index is 646. The molecule has 2 aromatic rings. The summed E-state index contributed by atoms with van der Waals surface area (Å²) in [5, 5.41) is 3.20. The van der Waals surface area contributed by atoms with Crippen molar-refractivity contribution in [2.75, 3.05) is 18.0 Å². The van der Waals surface area contributed by atoms with Crippen molar-refractivity contribution in [2.45, 2.75) is 32.2 Å². The summed E-state index contributed by atoms with van der Waals surface area (Å²) in [7, 11) is 0. The molecule has 0 saturated carbocycles. The van der Waals surface area contributed by atoms with Gasteiger partial charge in [0.25, 0.3) is 0 Å². The molecule has 0 unspecified atom stereocenters. The third kappa shape index (κ3) is 4.13. The van der Waals surface area contributed by atoms with E-state index in [2.05, 4.69) is 47.5 Å². The van der Waals surface area contributed by atoms with E-state index in [1.807, 2.05) is 24.3 Å². The third-order valence-corrected chi connectivity index (χ3v) is 4.59. The fourth-order valence-corrected chi connectivity index (χ4v) is 3.18. The van der Waals surface area contributed by atoms with E-state index in [0.29, 0.717) is 12.5 Å². The molecule has 3 heteroatoms. The molecule has 1 N–H and O–H groups in total. The molecule has 3 rings (SSSR count). The molecule has 120 valence electrons. The summed E-state index contributed by atoms with van der Waals surface area (Å²) in [5.41, 5.74) is 3.57. The first kappa shape index (κ1) is 15.6. The Kier molecular flexibility index (Phi) is 4.96. The Labute approximate surface area is 138 Å². The van der Waals surface area contributed by atoms with Crippen molar-refractivity contribution in [1.82, 2.24) is 5.32 Å². The van der Waals surface area contributed by atoms with Gasteiger partial charge in [0.15, 0.2) is 0 Å². The van der Waals surface area contributed by atoms with Crippen molar-refractivity contribution >= 4 is 11.6 Å². The van der Waals surface area contributed by atoms with Crippen LogP contribution in [0.5, 0.6) is 0 Å². The molecule has 0 radical (unpaired) electrons. The maximum atomic E-state index is 12.3. The van der Waals surface area contributed by atoms with E-state index < -0.39 is 0 Å². The van der Waals surface area contributed by atoms with Gasteiger partial charge in [-0.1, -0.05) is 42.5 Å². The summed E-state index contributed by atoms with van der Waals surface area (Å²) < 4.78 is 0. The Hall–Kier alpha value is -2.29. The molecule has 0 spiro atoms. The first-order valence-corrected chi connectivity index (χ1v) is 8.36. The maximum absolute atomic E-state index is 12.3. The summed E-state index contributed by atoms with van der Waals surface area (Å²) in [4.78, 5) is 14.7. The van der Waals surface area contributed by atoms with Gasteiger partial charge in [0.05, 0.1) is 6.42 Å². The minimum Gasteiger partial charge on any atom is -0.371 e. The molecule has 1 heterocycles. The van der Waals surface area contributed by atoms with Crippen LogP contribution >= 0.6 is 0 Å². The van der Waals surface area contributed by atoms with Crippen molar-refractivity contribution in [3.05, 3.63) is 65.7 Å². The largest absolute Gasteiger partial charge is 0.371 e. The minimum atomic E-state index is 0.137. The van der Waals surface area contributed by atoms with E-state index in [9.17, 15) is 4.79 Å².